The zero-order valence-electron chi connectivity index (χ0n) is 17.6. The van der Waals surface area contributed by atoms with Gasteiger partial charge < -0.3 is 14.8 Å². The van der Waals surface area contributed by atoms with Crippen molar-refractivity contribution in [3.63, 3.8) is 0 Å². The summed E-state index contributed by atoms with van der Waals surface area (Å²) in [6.45, 7) is 1.79. The van der Waals surface area contributed by atoms with Crippen LogP contribution >= 0.6 is 11.6 Å². The van der Waals surface area contributed by atoms with Crippen molar-refractivity contribution < 1.29 is 19.1 Å². The van der Waals surface area contributed by atoms with E-state index in [2.05, 4.69) is 15.8 Å². The average Bonchev–Trinajstić information content (AvgIpc) is 2.79. The topological polar surface area (TPSA) is 89.0 Å². The van der Waals surface area contributed by atoms with Crippen molar-refractivity contribution in [3.8, 4) is 11.5 Å². The van der Waals surface area contributed by atoms with Gasteiger partial charge in [-0.2, -0.15) is 5.10 Å². The van der Waals surface area contributed by atoms with Crippen molar-refractivity contribution in [3.05, 3.63) is 88.4 Å². The van der Waals surface area contributed by atoms with Crippen LogP contribution in [0.5, 0.6) is 11.5 Å². The molecule has 3 aromatic carbocycles. The Kier molecular flexibility index (Phi) is 7.83. The number of benzene rings is 3. The number of hydrogen-bond donors (Lipinski definition) is 2. The molecule has 164 valence electrons. The average molecular weight is 452 g/mol. The minimum absolute atomic E-state index is 0.177. The molecule has 3 aromatic rings. The quantitative estimate of drug-likeness (QED) is 0.385. The fraction of sp³-hybridized carbons (Fsp3) is 0.125. The molecule has 0 fully saturated rings. The fourth-order valence-corrected chi connectivity index (χ4v) is 2.89. The van der Waals surface area contributed by atoms with Crippen LogP contribution in [-0.2, 0) is 11.4 Å². The third-order valence-corrected chi connectivity index (χ3v) is 4.59. The highest BCUT2D eigenvalue weighted by molar-refractivity contribution is 6.30. The number of nitrogens with zero attached hydrogens (tertiary/aromatic N) is 1. The van der Waals surface area contributed by atoms with E-state index in [9.17, 15) is 9.59 Å². The summed E-state index contributed by atoms with van der Waals surface area (Å²) in [5.74, 6) is 0.583. The van der Waals surface area contributed by atoms with E-state index in [1.54, 1.807) is 49.6 Å². The Morgan fingerprint density at radius 2 is 1.72 bits per heavy atom. The Labute approximate surface area is 191 Å². The SMILES string of the molecule is COc1cc(C=NNC(=O)c2ccc(NC(C)=O)cc2)ccc1OCc1ccc(Cl)cc1. The first-order chi connectivity index (χ1) is 15.4. The lowest BCUT2D eigenvalue weighted by atomic mass is 10.2. The van der Waals surface area contributed by atoms with Gasteiger partial charge in [-0.05, 0) is 65.7 Å². The maximum absolute atomic E-state index is 12.2. The molecule has 0 unspecified atom stereocenters. The Hall–Kier alpha value is -3.84. The number of hydrazone groups is 1. The van der Waals surface area contributed by atoms with Gasteiger partial charge in [-0.3, -0.25) is 9.59 Å². The van der Waals surface area contributed by atoms with E-state index in [0.717, 1.165) is 11.1 Å². The number of anilines is 1. The van der Waals surface area contributed by atoms with Crippen molar-refractivity contribution in [1.29, 1.82) is 0 Å². The van der Waals surface area contributed by atoms with E-state index in [4.69, 9.17) is 21.1 Å². The van der Waals surface area contributed by atoms with Crippen molar-refractivity contribution in [2.45, 2.75) is 13.5 Å². The van der Waals surface area contributed by atoms with Gasteiger partial charge in [-0.1, -0.05) is 23.7 Å². The van der Waals surface area contributed by atoms with Crippen LogP contribution in [0.1, 0.15) is 28.4 Å². The number of halogens is 1. The number of nitrogens with one attached hydrogen (secondary N) is 2. The van der Waals surface area contributed by atoms with Crippen molar-refractivity contribution >= 4 is 35.3 Å². The first kappa shape index (κ1) is 22.8. The second kappa shape index (κ2) is 11.0. The molecule has 0 heterocycles. The second-order valence-corrected chi connectivity index (χ2v) is 7.22. The second-order valence-electron chi connectivity index (χ2n) is 6.78. The molecular formula is C24H22ClN3O4. The maximum Gasteiger partial charge on any atom is 0.271 e. The standard InChI is InChI=1S/C24H22ClN3O4/c1-16(29)27-21-10-6-19(7-11-21)24(30)28-26-14-18-5-12-22(23(13-18)31-2)32-15-17-3-8-20(25)9-4-17/h3-14H,15H2,1-2H3,(H,27,29)(H,28,30). The summed E-state index contributed by atoms with van der Waals surface area (Å²) in [5.41, 5.74) is 5.21. The highest BCUT2D eigenvalue weighted by Crippen LogP contribution is 2.28. The van der Waals surface area contributed by atoms with Gasteiger partial charge in [0.25, 0.3) is 5.91 Å². The van der Waals surface area contributed by atoms with Gasteiger partial charge in [0.05, 0.1) is 13.3 Å². The van der Waals surface area contributed by atoms with Crippen LogP contribution in [0, 0.1) is 0 Å². The molecule has 0 aliphatic rings. The minimum Gasteiger partial charge on any atom is -0.493 e. The Morgan fingerprint density at radius 1 is 1.00 bits per heavy atom. The number of methoxy groups -OCH3 is 1. The van der Waals surface area contributed by atoms with Gasteiger partial charge in [0.15, 0.2) is 11.5 Å². The van der Waals surface area contributed by atoms with Crippen molar-refractivity contribution in [1.82, 2.24) is 5.43 Å². The van der Waals surface area contributed by atoms with Gasteiger partial charge in [-0.25, -0.2) is 5.43 Å². The number of carbonyl (C=O) groups is 2. The molecule has 0 saturated heterocycles. The third-order valence-electron chi connectivity index (χ3n) is 4.34. The van der Waals surface area contributed by atoms with Gasteiger partial charge in [-0.15, -0.1) is 0 Å². The molecule has 7 nitrogen and oxygen atoms in total. The molecule has 0 aliphatic carbocycles. The molecule has 0 aromatic heterocycles. The molecule has 8 heteroatoms. The first-order valence-corrected chi connectivity index (χ1v) is 10.1. The zero-order chi connectivity index (χ0) is 22.9. The molecule has 0 bridgehead atoms. The van der Waals surface area contributed by atoms with E-state index in [0.29, 0.717) is 34.4 Å². The Bertz CT molecular complexity index is 1110. The monoisotopic (exact) mass is 451 g/mol. The normalized spacial score (nSPS) is 10.6. The smallest absolute Gasteiger partial charge is 0.271 e. The molecule has 3 rings (SSSR count). The van der Waals surface area contributed by atoms with Crippen LogP contribution in [-0.4, -0.2) is 25.1 Å². The van der Waals surface area contributed by atoms with Crippen molar-refractivity contribution in [2.75, 3.05) is 12.4 Å². The highest BCUT2D eigenvalue weighted by atomic mass is 35.5. The largest absolute Gasteiger partial charge is 0.493 e. The van der Waals surface area contributed by atoms with Crippen LogP contribution in [0.25, 0.3) is 0 Å². The number of carbonyl (C=O) groups excluding carboxylic acids is 2. The molecule has 2 N–H and O–H groups in total. The number of hydrogen-bond acceptors (Lipinski definition) is 5. The Balaban J connectivity index is 1.58. The molecule has 0 aliphatic heterocycles. The van der Waals surface area contributed by atoms with E-state index in [-0.39, 0.29) is 11.8 Å². The Morgan fingerprint density at radius 3 is 2.38 bits per heavy atom. The summed E-state index contributed by atoms with van der Waals surface area (Å²) in [4.78, 5) is 23.3. The lowest BCUT2D eigenvalue weighted by molar-refractivity contribution is -0.114. The minimum atomic E-state index is -0.370. The number of rotatable bonds is 8. The third kappa shape index (κ3) is 6.58. The number of ether oxygens (including phenoxy) is 2. The van der Waals surface area contributed by atoms with E-state index >= 15 is 0 Å². The maximum atomic E-state index is 12.2. The van der Waals surface area contributed by atoms with Crippen LogP contribution in [0.4, 0.5) is 5.69 Å². The fourth-order valence-electron chi connectivity index (χ4n) is 2.76. The first-order valence-electron chi connectivity index (χ1n) is 9.71. The van der Waals surface area contributed by atoms with Crippen LogP contribution in [0.3, 0.4) is 0 Å². The molecule has 0 radical (unpaired) electrons. The van der Waals surface area contributed by atoms with Gasteiger partial charge >= 0.3 is 0 Å². The summed E-state index contributed by atoms with van der Waals surface area (Å²) in [6, 6.07) is 19.2. The highest BCUT2D eigenvalue weighted by Gasteiger charge is 2.07. The van der Waals surface area contributed by atoms with Gasteiger partial charge in [0, 0.05) is 23.2 Å². The molecule has 0 spiro atoms. The summed E-state index contributed by atoms with van der Waals surface area (Å²) < 4.78 is 11.2. The van der Waals surface area contributed by atoms with E-state index in [1.165, 1.54) is 13.1 Å². The summed E-state index contributed by atoms with van der Waals surface area (Å²) in [7, 11) is 1.55. The summed E-state index contributed by atoms with van der Waals surface area (Å²) in [5, 5.41) is 7.31. The van der Waals surface area contributed by atoms with Crippen molar-refractivity contribution in [2.24, 2.45) is 5.10 Å². The van der Waals surface area contributed by atoms with E-state index in [1.807, 2.05) is 24.3 Å². The lowest BCUT2D eigenvalue weighted by Crippen LogP contribution is -2.17. The summed E-state index contributed by atoms with van der Waals surface area (Å²) in [6.07, 6.45) is 1.51. The van der Waals surface area contributed by atoms with Crippen LogP contribution < -0.4 is 20.2 Å². The molecule has 0 atom stereocenters. The van der Waals surface area contributed by atoms with Crippen LogP contribution in [0.2, 0.25) is 5.02 Å². The van der Waals surface area contributed by atoms with Gasteiger partial charge in [0.1, 0.15) is 6.61 Å². The predicted octanol–water partition coefficient (Wildman–Crippen LogP) is 4.65. The van der Waals surface area contributed by atoms with Gasteiger partial charge in [0.2, 0.25) is 5.91 Å². The molecular weight excluding hydrogens is 430 g/mol. The molecule has 2 amide bonds. The predicted molar refractivity (Wildman–Crippen MR) is 125 cm³/mol. The number of amides is 2. The van der Waals surface area contributed by atoms with E-state index < -0.39 is 0 Å². The zero-order valence-corrected chi connectivity index (χ0v) is 18.3. The van der Waals surface area contributed by atoms with Crippen LogP contribution in [0.15, 0.2) is 71.8 Å². The molecule has 0 saturated carbocycles. The molecule has 32 heavy (non-hydrogen) atoms. The lowest BCUT2D eigenvalue weighted by Gasteiger charge is -2.11. The summed E-state index contributed by atoms with van der Waals surface area (Å²) >= 11 is 5.90.